The number of hydrogen-bond acceptors (Lipinski definition) is 5. The fourth-order valence-electron chi connectivity index (χ4n) is 5.26. The molecule has 5 amide bonds. The lowest BCUT2D eigenvalue weighted by Gasteiger charge is -2.43. The van der Waals surface area contributed by atoms with Crippen molar-refractivity contribution >= 4 is 29.4 Å². The van der Waals surface area contributed by atoms with E-state index in [4.69, 9.17) is 4.74 Å². The Morgan fingerprint density at radius 1 is 1.03 bits per heavy atom. The van der Waals surface area contributed by atoms with E-state index in [9.17, 15) is 28.0 Å². The van der Waals surface area contributed by atoms with E-state index in [0.29, 0.717) is 5.56 Å². The van der Waals surface area contributed by atoms with Crippen LogP contribution in [0.5, 0.6) is 5.75 Å². The van der Waals surface area contributed by atoms with Crippen LogP contribution in [0.1, 0.15) is 42.6 Å². The summed E-state index contributed by atoms with van der Waals surface area (Å²) in [6.07, 6.45) is 0.235. The summed E-state index contributed by atoms with van der Waals surface area (Å²) in [5, 5.41) is 2.67. The lowest BCUT2D eigenvalue weighted by atomic mass is 9.85. The van der Waals surface area contributed by atoms with E-state index in [1.54, 1.807) is 26.8 Å². The molecule has 2 aromatic carbocycles. The van der Waals surface area contributed by atoms with Gasteiger partial charge in [0.25, 0.3) is 11.8 Å². The van der Waals surface area contributed by atoms with Gasteiger partial charge in [-0.25, -0.2) is 13.6 Å². The number of imide groups is 1. The molecule has 2 aliphatic rings. The molecule has 2 fully saturated rings. The molecule has 1 atom stereocenters. The second-order valence-electron chi connectivity index (χ2n) is 10.3. The maximum atomic E-state index is 14.5. The molecule has 208 valence electrons. The van der Waals surface area contributed by atoms with E-state index < -0.39 is 41.1 Å². The minimum atomic E-state index is -1.29. The predicted molar refractivity (Wildman–Crippen MR) is 139 cm³/mol. The number of carbonyl (C=O) groups excluding carboxylic acids is 4. The molecular formula is C28H32F2N4O5. The zero-order valence-electron chi connectivity index (χ0n) is 22.6. The Morgan fingerprint density at radius 3 is 2.28 bits per heavy atom. The number of hydrogen-bond donors (Lipinski definition) is 1. The molecule has 0 radical (unpaired) electrons. The van der Waals surface area contributed by atoms with Crippen LogP contribution < -0.4 is 15.0 Å². The lowest BCUT2D eigenvalue weighted by Crippen LogP contribution is -2.60. The van der Waals surface area contributed by atoms with Crippen LogP contribution in [0.3, 0.4) is 0 Å². The quantitative estimate of drug-likeness (QED) is 0.564. The van der Waals surface area contributed by atoms with Crippen LogP contribution in [0.4, 0.5) is 19.3 Å². The van der Waals surface area contributed by atoms with Crippen LogP contribution >= 0.6 is 0 Å². The van der Waals surface area contributed by atoms with Crippen molar-refractivity contribution in [3.63, 3.8) is 0 Å². The summed E-state index contributed by atoms with van der Waals surface area (Å²) in [6, 6.07) is 6.72. The molecule has 2 aromatic rings. The molecule has 2 heterocycles. The Labute approximate surface area is 225 Å². The van der Waals surface area contributed by atoms with Crippen LogP contribution in [0.25, 0.3) is 0 Å². The largest absolute Gasteiger partial charge is 0.494 e. The number of amides is 5. The van der Waals surface area contributed by atoms with E-state index >= 15 is 0 Å². The molecule has 11 heteroatoms. The molecular weight excluding hydrogens is 510 g/mol. The number of ether oxygens (including phenoxy) is 1. The average Bonchev–Trinajstić information content (AvgIpc) is 3.08. The summed E-state index contributed by atoms with van der Waals surface area (Å²) >= 11 is 0. The molecule has 0 saturated carbocycles. The van der Waals surface area contributed by atoms with Gasteiger partial charge in [-0.05, 0) is 49.9 Å². The normalized spacial score (nSPS) is 17.7. The third kappa shape index (κ3) is 4.93. The van der Waals surface area contributed by atoms with Crippen molar-refractivity contribution in [1.29, 1.82) is 0 Å². The van der Waals surface area contributed by atoms with Gasteiger partial charge in [-0.3, -0.25) is 24.2 Å². The van der Waals surface area contributed by atoms with Crippen molar-refractivity contribution in [3.8, 4) is 5.75 Å². The summed E-state index contributed by atoms with van der Waals surface area (Å²) < 4.78 is 33.8. The maximum Gasteiger partial charge on any atom is 0.331 e. The fourth-order valence-corrected chi connectivity index (χ4v) is 5.26. The van der Waals surface area contributed by atoms with Gasteiger partial charge >= 0.3 is 6.03 Å². The third-order valence-corrected chi connectivity index (χ3v) is 7.49. The van der Waals surface area contributed by atoms with Gasteiger partial charge in [-0.15, -0.1) is 0 Å². The summed E-state index contributed by atoms with van der Waals surface area (Å²) in [4.78, 5) is 56.6. The van der Waals surface area contributed by atoms with Gasteiger partial charge in [-0.1, -0.05) is 25.5 Å². The van der Waals surface area contributed by atoms with Crippen LogP contribution in [0, 0.1) is 24.5 Å². The third-order valence-electron chi connectivity index (χ3n) is 7.49. The van der Waals surface area contributed by atoms with E-state index in [-0.39, 0.29) is 54.8 Å². The van der Waals surface area contributed by atoms with Crippen LogP contribution in [-0.2, 0) is 9.59 Å². The number of nitrogens with one attached hydrogen (secondary N) is 1. The topological polar surface area (TPSA) is 99.3 Å². The molecule has 9 nitrogen and oxygen atoms in total. The summed E-state index contributed by atoms with van der Waals surface area (Å²) in [7, 11) is 2.70. The van der Waals surface area contributed by atoms with Gasteiger partial charge in [0.15, 0.2) is 11.6 Å². The molecule has 0 bridgehead atoms. The van der Waals surface area contributed by atoms with E-state index in [2.05, 4.69) is 5.32 Å². The van der Waals surface area contributed by atoms with Gasteiger partial charge in [0.05, 0.1) is 12.7 Å². The molecule has 1 spiro atoms. The molecule has 1 N–H and O–H groups in total. The molecule has 4 rings (SSSR count). The highest BCUT2D eigenvalue weighted by Gasteiger charge is 2.58. The Balaban J connectivity index is 1.54. The molecule has 0 aromatic heterocycles. The van der Waals surface area contributed by atoms with Gasteiger partial charge in [-0.2, -0.15) is 0 Å². The first-order chi connectivity index (χ1) is 18.4. The number of likely N-dealkylation sites (tertiary alicyclic amines) is 1. The number of nitrogens with zero attached hydrogens (tertiary/aromatic N) is 3. The molecule has 2 saturated heterocycles. The Bertz CT molecular complexity index is 1320. The highest BCUT2D eigenvalue weighted by Crippen LogP contribution is 2.41. The summed E-state index contributed by atoms with van der Waals surface area (Å²) in [6.45, 7) is 5.53. The molecule has 0 aliphatic carbocycles. The van der Waals surface area contributed by atoms with Gasteiger partial charge in [0.2, 0.25) is 5.91 Å². The van der Waals surface area contributed by atoms with E-state index in [0.717, 1.165) is 11.0 Å². The van der Waals surface area contributed by atoms with Crippen molar-refractivity contribution in [2.24, 2.45) is 5.92 Å². The molecule has 2 aliphatic heterocycles. The summed E-state index contributed by atoms with van der Waals surface area (Å²) in [5.41, 5.74) is -0.516. The number of piperidine rings is 1. The second kappa shape index (κ2) is 10.6. The first-order valence-electron chi connectivity index (χ1n) is 12.7. The number of likely N-dealkylation sites (N-methyl/N-ethyl adjacent to an activating group) is 1. The number of urea groups is 1. The lowest BCUT2D eigenvalue weighted by molar-refractivity contribution is -0.139. The molecule has 39 heavy (non-hydrogen) atoms. The highest BCUT2D eigenvalue weighted by molar-refractivity contribution is 6.16. The Morgan fingerprint density at radius 2 is 1.69 bits per heavy atom. The minimum absolute atomic E-state index is 0.00635. The van der Waals surface area contributed by atoms with Gasteiger partial charge in [0.1, 0.15) is 17.4 Å². The van der Waals surface area contributed by atoms with Crippen LogP contribution in [0.15, 0.2) is 36.4 Å². The maximum absolute atomic E-state index is 14.5. The zero-order valence-corrected chi connectivity index (χ0v) is 22.6. The number of methoxy groups -OCH3 is 1. The first-order valence-corrected chi connectivity index (χ1v) is 12.7. The monoisotopic (exact) mass is 542 g/mol. The van der Waals surface area contributed by atoms with E-state index in [1.165, 1.54) is 48.2 Å². The van der Waals surface area contributed by atoms with Crippen LogP contribution in [-0.4, -0.2) is 72.4 Å². The van der Waals surface area contributed by atoms with Crippen LogP contribution in [0.2, 0.25) is 0 Å². The van der Waals surface area contributed by atoms with Crippen molar-refractivity contribution < 1.29 is 32.7 Å². The van der Waals surface area contributed by atoms with Crippen molar-refractivity contribution in [1.82, 2.24) is 15.1 Å². The number of aryl methyl sites for hydroxylation is 1. The number of carbonyl (C=O) groups is 4. The number of rotatable bonds is 6. The number of anilines is 1. The van der Waals surface area contributed by atoms with E-state index in [1.807, 2.05) is 0 Å². The van der Waals surface area contributed by atoms with Gasteiger partial charge in [0, 0.05) is 31.9 Å². The second-order valence-corrected chi connectivity index (χ2v) is 10.3. The Hall–Kier alpha value is -4.02. The smallest absolute Gasteiger partial charge is 0.331 e. The van der Waals surface area contributed by atoms with Gasteiger partial charge < -0.3 is 15.0 Å². The summed E-state index contributed by atoms with van der Waals surface area (Å²) in [5.74, 6) is -3.14. The average molecular weight is 543 g/mol. The Kier molecular flexibility index (Phi) is 7.63. The van der Waals surface area contributed by atoms with Crippen molar-refractivity contribution in [2.75, 3.05) is 32.1 Å². The first kappa shape index (κ1) is 28.0. The number of benzene rings is 2. The van der Waals surface area contributed by atoms with Crippen molar-refractivity contribution in [2.45, 2.75) is 45.2 Å². The molecule has 0 unspecified atom stereocenters. The standard InChI is InChI=1S/C28H32F2N4O5/c1-16(2)23(31-24(35)19-14-17(3)6-8-20(19)29)25(36)33-12-10-28(11-13-33)26(37)32(4)27(38)34(28)18-7-9-22(39-5)21(30)15-18/h6-9,14-16,23H,10-13H2,1-5H3,(H,31,35)/t23-/m1/s1. The predicted octanol–water partition coefficient (Wildman–Crippen LogP) is 3.50. The zero-order chi connectivity index (χ0) is 28.6. The fraction of sp³-hybridized carbons (Fsp3) is 0.429. The number of halogens is 2. The minimum Gasteiger partial charge on any atom is -0.494 e. The highest BCUT2D eigenvalue weighted by atomic mass is 19.1. The van der Waals surface area contributed by atoms with Crippen molar-refractivity contribution in [3.05, 3.63) is 59.2 Å². The SMILES string of the molecule is COc1ccc(N2C(=O)N(C)C(=O)C23CCN(C(=O)[C@H](NC(=O)c2cc(C)ccc2F)C(C)C)CC3)cc1F.